The van der Waals surface area contributed by atoms with E-state index < -0.39 is 9.84 Å². The van der Waals surface area contributed by atoms with Crippen molar-refractivity contribution in [3.05, 3.63) is 34.8 Å². The van der Waals surface area contributed by atoms with E-state index >= 15 is 0 Å². The fraction of sp³-hybridized carbons (Fsp3) is 0.476. The van der Waals surface area contributed by atoms with E-state index in [4.69, 9.17) is 4.98 Å². The first-order valence-corrected chi connectivity index (χ1v) is 13.1. The number of carbonyl (C=O) groups is 1. The fourth-order valence-electron chi connectivity index (χ4n) is 4.52. The van der Waals surface area contributed by atoms with Crippen molar-refractivity contribution in [2.75, 3.05) is 24.6 Å². The lowest BCUT2D eigenvalue weighted by molar-refractivity contribution is 0.0726. The van der Waals surface area contributed by atoms with Gasteiger partial charge in [-0.2, -0.15) is 5.10 Å². The number of hydrogen-bond donors (Lipinski definition) is 0. The molecule has 3 aromatic rings. The average molecular weight is 445 g/mol. The summed E-state index contributed by atoms with van der Waals surface area (Å²) in [5.74, 6) is 0.257. The normalized spacial score (nSPS) is 21.4. The molecule has 3 aromatic heterocycles. The van der Waals surface area contributed by atoms with Crippen LogP contribution < -0.4 is 0 Å². The highest BCUT2D eigenvalue weighted by Crippen LogP contribution is 2.34. The Morgan fingerprint density at radius 2 is 2.03 bits per heavy atom. The molecule has 9 heteroatoms. The maximum Gasteiger partial charge on any atom is 0.254 e. The molecule has 0 aromatic carbocycles. The first kappa shape index (κ1) is 19.7. The molecule has 1 atom stereocenters. The zero-order valence-electron chi connectivity index (χ0n) is 16.9. The van der Waals surface area contributed by atoms with Crippen molar-refractivity contribution in [1.82, 2.24) is 19.7 Å². The number of pyridine rings is 1. The summed E-state index contributed by atoms with van der Waals surface area (Å²) >= 11 is 1.57. The number of rotatable bonds is 3. The van der Waals surface area contributed by atoms with Crippen molar-refractivity contribution < 1.29 is 13.2 Å². The molecule has 0 aliphatic carbocycles. The zero-order chi connectivity index (χ0) is 20.9. The Morgan fingerprint density at radius 3 is 2.70 bits per heavy atom. The summed E-state index contributed by atoms with van der Waals surface area (Å²) in [6, 6.07) is 5.59. The highest BCUT2D eigenvalue weighted by molar-refractivity contribution is 7.91. The second-order valence-electron chi connectivity index (χ2n) is 8.17. The van der Waals surface area contributed by atoms with Crippen LogP contribution in [0.5, 0.6) is 0 Å². The largest absolute Gasteiger partial charge is 0.339 e. The lowest BCUT2D eigenvalue weighted by Crippen LogP contribution is -2.35. The molecule has 0 unspecified atom stereocenters. The van der Waals surface area contributed by atoms with Gasteiger partial charge in [0.25, 0.3) is 5.91 Å². The average Bonchev–Trinajstić information content (AvgIpc) is 3.47. The molecule has 0 bridgehead atoms. The van der Waals surface area contributed by atoms with E-state index in [9.17, 15) is 13.2 Å². The van der Waals surface area contributed by atoms with Gasteiger partial charge in [0.1, 0.15) is 0 Å². The Balaban J connectivity index is 1.69. The van der Waals surface area contributed by atoms with Crippen molar-refractivity contribution in [3.63, 3.8) is 0 Å². The predicted octanol–water partition coefficient (Wildman–Crippen LogP) is 3.45. The molecular weight excluding hydrogens is 420 g/mol. The van der Waals surface area contributed by atoms with Crippen LogP contribution in [-0.2, 0) is 9.84 Å². The van der Waals surface area contributed by atoms with Gasteiger partial charge in [-0.1, -0.05) is 6.07 Å². The highest BCUT2D eigenvalue weighted by Gasteiger charge is 2.33. The Hall–Kier alpha value is -2.26. The number of thiophene rings is 1. The molecular formula is C21H24N4O3S2. The van der Waals surface area contributed by atoms with Crippen LogP contribution in [0.15, 0.2) is 23.6 Å². The van der Waals surface area contributed by atoms with Gasteiger partial charge in [0.15, 0.2) is 15.5 Å². The van der Waals surface area contributed by atoms with Crippen LogP contribution in [0.2, 0.25) is 0 Å². The molecule has 1 amide bonds. The van der Waals surface area contributed by atoms with Crippen molar-refractivity contribution >= 4 is 38.1 Å². The van der Waals surface area contributed by atoms with Gasteiger partial charge in [-0.25, -0.2) is 18.1 Å². The molecule has 0 N–H and O–H groups in total. The summed E-state index contributed by atoms with van der Waals surface area (Å²) in [7, 11) is -3.06. The predicted molar refractivity (Wildman–Crippen MR) is 118 cm³/mol. The lowest BCUT2D eigenvalue weighted by Gasteiger charge is -2.27. The SMILES string of the molecule is Cc1nn([C@@H]2CCS(=O)(=O)C2)c2nc(-c3cccs3)cc(C(=O)N3CCCCC3)c12. The molecule has 5 rings (SSSR count). The Labute approximate surface area is 179 Å². The van der Waals surface area contributed by atoms with E-state index in [1.807, 2.05) is 35.4 Å². The highest BCUT2D eigenvalue weighted by atomic mass is 32.2. The first-order chi connectivity index (χ1) is 14.4. The summed E-state index contributed by atoms with van der Waals surface area (Å²) in [6.45, 7) is 3.41. The second-order valence-corrected chi connectivity index (χ2v) is 11.3. The smallest absolute Gasteiger partial charge is 0.254 e. The molecule has 2 aliphatic rings. The molecule has 2 fully saturated rings. The van der Waals surface area contributed by atoms with Gasteiger partial charge < -0.3 is 4.90 Å². The first-order valence-electron chi connectivity index (χ1n) is 10.4. The number of fused-ring (bicyclic) bond motifs is 1. The van der Waals surface area contributed by atoms with E-state index in [0.717, 1.165) is 54.0 Å². The van der Waals surface area contributed by atoms with Crippen LogP contribution in [-0.4, -0.2) is 58.6 Å². The van der Waals surface area contributed by atoms with E-state index in [1.165, 1.54) is 0 Å². The summed E-state index contributed by atoms with van der Waals surface area (Å²) in [6.07, 6.45) is 3.73. The molecule has 5 heterocycles. The monoisotopic (exact) mass is 444 g/mol. The number of likely N-dealkylation sites (tertiary alicyclic amines) is 1. The molecule has 0 spiro atoms. The molecule has 158 valence electrons. The minimum atomic E-state index is -3.06. The number of piperidine rings is 1. The van der Waals surface area contributed by atoms with Crippen molar-refractivity contribution in [3.8, 4) is 10.6 Å². The van der Waals surface area contributed by atoms with Crippen LogP contribution in [0.25, 0.3) is 21.6 Å². The fourth-order valence-corrected chi connectivity index (χ4v) is 6.90. The van der Waals surface area contributed by atoms with Crippen LogP contribution in [0.3, 0.4) is 0 Å². The van der Waals surface area contributed by atoms with Crippen LogP contribution >= 0.6 is 11.3 Å². The Morgan fingerprint density at radius 1 is 1.23 bits per heavy atom. The quantitative estimate of drug-likeness (QED) is 0.618. The number of amides is 1. The molecule has 0 saturated carbocycles. The summed E-state index contributed by atoms with van der Waals surface area (Å²) in [5.41, 5.74) is 2.69. The van der Waals surface area contributed by atoms with E-state index in [1.54, 1.807) is 16.0 Å². The van der Waals surface area contributed by atoms with Gasteiger partial charge in [-0.3, -0.25) is 4.79 Å². The van der Waals surface area contributed by atoms with Gasteiger partial charge in [0.2, 0.25) is 0 Å². The maximum absolute atomic E-state index is 13.5. The van der Waals surface area contributed by atoms with Crippen molar-refractivity contribution in [2.45, 2.75) is 38.6 Å². The second kappa shape index (κ2) is 7.46. The molecule has 2 aliphatic heterocycles. The van der Waals surface area contributed by atoms with Crippen molar-refractivity contribution in [1.29, 1.82) is 0 Å². The molecule has 0 radical (unpaired) electrons. The van der Waals surface area contributed by atoms with Gasteiger partial charge in [-0.15, -0.1) is 11.3 Å². The number of aryl methyl sites for hydroxylation is 1. The van der Waals surface area contributed by atoms with E-state index in [0.29, 0.717) is 17.6 Å². The number of hydrogen-bond acceptors (Lipinski definition) is 6. The summed E-state index contributed by atoms with van der Waals surface area (Å²) in [4.78, 5) is 21.3. The van der Waals surface area contributed by atoms with E-state index in [2.05, 4.69) is 5.10 Å². The minimum absolute atomic E-state index is 0.0154. The summed E-state index contributed by atoms with van der Waals surface area (Å²) < 4.78 is 25.9. The zero-order valence-corrected chi connectivity index (χ0v) is 18.5. The van der Waals surface area contributed by atoms with Gasteiger partial charge >= 0.3 is 0 Å². The topological polar surface area (TPSA) is 85.2 Å². The number of nitrogens with zero attached hydrogens (tertiary/aromatic N) is 4. The lowest BCUT2D eigenvalue weighted by atomic mass is 10.0. The van der Waals surface area contributed by atoms with Crippen LogP contribution in [0.4, 0.5) is 0 Å². The third-order valence-corrected chi connectivity index (χ3v) is 8.68. The van der Waals surface area contributed by atoms with Crippen molar-refractivity contribution in [2.24, 2.45) is 0 Å². The third-order valence-electron chi connectivity index (χ3n) is 6.04. The Bertz CT molecular complexity index is 1210. The van der Waals surface area contributed by atoms with Gasteiger partial charge in [0.05, 0.1) is 44.8 Å². The van der Waals surface area contributed by atoms with Gasteiger partial charge in [-0.05, 0) is 50.1 Å². The summed E-state index contributed by atoms with van der Waals surface area (Å²) in [5, 5.41) is 7.40. The number of carbonyl (C=O) groups excluding carboxylic acids is 1. The number of sulfone groups is 1. The standard InChI is InChI=1S/C21H24N4O3S2/c1-14-19-16(21(26)24-8-3-2-4-9-24)12-17(18-6-5-10-29-18)22-20(19)25(23-14)15-7-11-30(27,28)13-15/h5-6,10,12,15H,2-4,7-9,11,13H2,1H3/t15-/m1/s1. The number of aromatic nitrogens is 3. The van der Waals surface area contributed by atoms with Crippen LogP contribution in [0.1, 0.15) is 47.8 Å². The third kappa shape index (κ3) is 3.43. The van der Waals surface area contributed by atoms with E-state index in [-0.39, 0.29) is 23.5 Å². The Kier molecular flexibility index (Phi) is 4.89. The minimum Gasteiger partial charge on any atom is -0.339 e. The molecule has 2 saturated heterocycles. The maximum atomic E-state index is 13.5. The molecule has 7 nitrogen and oxygen atoms in total. The van der Waals surface area contributed by atoms with Crippen LogP contribution in [0, 0.1) is 6.92 Å². The van der Waals surface area contributed by atoms with Gasteiger partial charge in [0, 0.05) is 13.1 Å². The molecule has 30 heavy (non-hydrogen) atoms.